The van der Waals surface area contributed by atoms with E-state index in [2.05, 4.69) is 4.98 Å². The van der Waals surface area contributed by atoms with Gasteiger partial charge < -0.3 is 4.74 Å². The first-order valence-corrected chi connectivity index (χ1v) is 11.8. The highest BCUT2D eigenvalue weighted by molar-refractivity contribution is 7.97. The third-order valence-electron chi connectivity index (χ3n) is 4.12. The monoisotopic (exact) mass is 462 g/mol. The van der Waals surface area contributed by atoms with Crippen LogP contribution in [0.2, 0.25) is 0 Å². The number of pyridine rings is 1. The number of anilines is 1. The molecule has 11 heteroatoms. The van der Waals surface area contributed by atoms with Gasteiger partial charge in [0.2, 0.25) is 10.0 Å². The Labute approximate surface area is 177 Å². The minimum Gasteiger partial charge on any atom is -0.461 e. The second-order valence-corrected chi connectivity index (χ2v) is 9.26. The lowest BCUT2D eigenvalue weighted by Gasteiger charge is -2.23. The van der Waals surface area contributed by atoms with Gasteiger partial charge in [0.1, 0.15) is 0 Å². The van der Waals surface area contributed by atoms with E-state index >= 15 is 0 Å². The number of aromatic nitrogens is 1. The molecule has 0 bridgehead atoms. The molecule has 0 amide bonds. The van der Waals surface area contributed by atoms with Crippen molar-refractivity contribution in [1.82, 2.24) is 4.98 Å². The molecule has 0 aliphatic rings. The molecule has 0 spiro atoms. The first kappa shape index (κ1) is 24.0. The quantitative estimate of drug-likeness (QED) is 0.550. The van der Waals surface area contributed by atoms with Gasteiger partial charge in [-0.1, -0.05) is 18.2 Å². The first-order chi connectivity index (χ1) is 14.0. The Hall–Kier alpha value is -2.27. The van der Waals surface area contributed by atoms with E-state index in [9.17, 15) is 26.4 Å². The van der Waals surface area contributed by atoms with Crippen LogP contribution >= 0.6 is 11.8 Å². The second kappa shape index (κ2) is 9.69. The van der Waals surface area contributed by atoms with Gasteiger partial charge in [0.15, 0.2) is 5.69 Å². The van der Waals surface area contributed by atoms with Crippen LogP contribution in [-0.4, -0.2) is 39.3 Å². The van der Waals surface area contributed by atoms with Crippen LogP contribution < -0.4 is 4.31 Å². The van der Waals surface area contributed by atoms with E-state index in [1.807, 2.05) is 0 Å². The van der Waals surface area contributed by atoms with Gasteiger partial charge in [0.05, 0.1) is 24.1 Å². The summed E-state index contributed by atoms with van der Waals surface area (Å²) >= 11 is 1.15. The number of halogens is 3. The Bertz CT molecular complexity index is 1010. The molecule has 0 saturated heterocycles. The summed E-state index contributed by atoms with van der Waals surface area (Å²) < 4.78 is 70.4. The lowest BCUT2D eigenvalue weighted by atomic mass is 10.1. The van der Waals surface area contributed by atoms with E-state index in [0.717, 1.165) is 31.1 Å². The molecule has 1 aromatic heterocycles. The second-order valence-electron chi connectivity index (χ2n) is 6.26. The SMILES string of the molecule is CCOC(=O)c1ncccc1CSCc1cccc(N(C)S(C)(=O)=O)c1C(F)(F)F. The molecule has 0 radical (unpaired) electrons. The number of thioether (sulfide) groups is 1. The molecule has 164 valence electrons. The summed E-state index contributed by atoms with van der Waals surface area (Å²) in [5.41, 5.74) is -0.826. The van der Waals surface area contributed by atoms with Crippen molar-refractivity contribution in [3.8, 4) is 0 Å². The van der Waals surface area contributed by atoms with Gasteiger partial charge in [-0.25, -0.2) is 18.2 Å². The molecular formula is C19H21F3N2O4S2. The number of hydrogen-bond donors (Lipinski definition) is 0. The van der Waals surface area contributed by atoms with Gasteiger partial charge >= 0.3 is 12.1 Å². The minimum atomic E-state index is -4.74. The molecule has 0 fully saturated rings. The van der Waals surface area contributed by atoms with E-state index in [4.69, 9.17) is 4.74 Å². The molecule has 0 saturated carbocycles. The van der Waals surface area contributed by atoms with Crippen molar-refractivity contribution in [2.45, 2.75) is 24.6 Å². The topological polar surface area (TPSA) is 76.6 Å². The molecule has 30 heavy (non-hydrogen) atoms. The standard InChI is InChI=1S/C19H21F3N2O4S2/c1-4-28-18(25)17-14(8-6-10-23-17)12-29-11-13-7-5-9-15(16(13)19(20,21)22)24(2)30(3,26)27/h5-10H,4,11-12H2,1-3H3. The van der Waals surface area contributed by atoms with Gasteiger partial charge in [-0.3, -0.25) is 4.31 Å². The Morgan fingerprint density at radius 2 is 1.80 bits per heavy atom. The summed E-state index contributed by atoms with van der Waals surface area (Å²) in [4.78, 5) is 16.0. The van der Waals surface area contributed by atoms with Crippen molar-refractivity contribution in [1.29, 1.82) is 0 Å². The van der Waals surface area contributed by atoms with Gasteiger partial charge in [0.25, 0.3) is 0 Å². The molecule has 2 rings (SSSR count). The zero-order chi connectivity index (χ0) is 22.5. The molecule has 0 aliphatic heterocycles. The fourth-order valence-electron chi connectivity index (χ4n) is 2.68. The van der Waals surface area contributed by atoms with Crippen LogP contribution in [0.3, 0.4) is 0 Å². The van der Waals surface area contributed by atoms with Crippen molar-refractivity contribution in [3.63, 3.8) is 0 Å². The number of esters is 1. The number of carbonyl (C=O) groups excluding carboxylic acids is 1. The van der Waals surface area contributed by atoms with E-state index in [1.54, 1.807) is 19.1 Å². The normalized spacial score (nSPS) is 11.9. The molecule has 6 nitrogen and oxygen atoms in total. The van der Waals surface area contributed by atoms with Gasteiger partial charge in [-0.05, 0) is 30.2 Å². The van der Waals surface area contributed by atoms with Crippen molar-refractivity contribution in [2.75, 3.05) is 24.2 Å². The number of carbonyl (C=O) groups is 1. The molecule has 0 N–H and O–H groups in total. The maximum absolute atomic E-state index is 13.8. The van der Waals surface area contributed by atoms with Crippen LogP contribution in [-0.2, 0) is 32.4 Å². The molecular weight excluding hydrogens is 441 g/mol. The van der Waals surface area contributed by atoms with Crippen molar-refractivity contribution in [2.24, 2.45) is 0 Å². The summed E-state index contributed by atoms with van der Waals surface area (Å²) in [6, 6.07) is 7.10. The number of nitrogens with zero attached hydrogens (tertiary/aromatic N) is 2. The predicted molar refractivity (Wildman–Crippen MR) is 110 cm³/mol. The van der Waals surface area contributed by atoms with E-state index in [1.165, 1.54) is 18.3 Å². The fraction of sp³-hybridized carbons (Fsp3) is 0.368. The van der Waals surface area contributed by atoms with Crippen molar-refractivity contribution in [3.05, 3.63) is 58.9 Å². The molecule has 0 aliphatic carbocycles. The Balaban J connectivity index is 2.30. The minimum absolute atomic E-state index is 0.0442. The van der Waals surface area contributed by atoms with Crippen LogP contribution in [0.15, 0.2) is 36.5 Å². The summed E-state index contributed by atoms with van der Waals surface area (Å²) in [6.45, 7) is 1.84. The Morgan fingerprint density at radius 3 is 2.40 bits per heavy atom. The Kier molecular flexibility index (Phi) is 7.75. The number of sulfonamides is 1. The maximum atomic E-state index is 13.8. The van der Waals surface area contributed by atoms with Crippen molar-refractivity contribution < 1.29 is 31.1 Å². The van der Waals surface area contributed by atoms with E-state index in [0.29, 0.717) is 9.87 Å². The number of hydrogen-bond acceptors (Lipinski definition) is 6. The van der Waals surface area contributed by atoms with E-state index < -0.39 is 33.4 Å². The highest BCUT2D eigenvalue weighted by Crippen LogP contribution is 2.40. The predicted octanol–water partition coefficient (Wildman–Crippen LogP) is 4.11. The Morgan fingerprint density at radius 1 is 1.17 bits per heavy atom. The zero-order valence-corrected chi connectivity index (χ0v) is 18.2. The van der Waals surface area contributed by atoms with E-state index in [-0.39, 0.29) is 29.4 Å². The number of rotatable bonds is 8. The summed E-state index contributed by atoms with van der Waals surface area (Å²) in [5.74, 6) is -0.412. The third kappa shape index (κ3) is 5.88. The fourth-order valence-corrected chi connectivity index (χ4v) is 4.21. The van der Waals surface area contributed by atoms with Gasteiger partial charge in [0, 0.05) is 24.8 Å². The molecule has 1 heterocycles. The number of benzene rings is 1. The van der Waals surface area contributed by atoms with Crippen molar-refractivity contribution >= 4 is 33.4 Å². The molecule has 2 aromatic rings. The van der Waals surface area contributed by atoms with Gasteiger partial charge in [-0.2, -0.15) is 24.9 Å². The highest BCUT2D eigenvalue weighted by Gasteiger charge is 2.38. The summed E-state index contributed by atoms with van der Waals surface area (Å²) in [6.07, 6.45) is -2.46. The van der Waals surface area contributed by atoms with Crippen LogP contribution in [0.5, 0.6) is 0 Å². The first-order valence-electron chi connectivity index (χ1n) is 8.78. The van der Waals surface area contributed by atoms with Crippen LogP contribution in [0.1, 0.15) is 34.1 Å². The number of alkyl halides is 3. The molecule has 0 unspecified atom stereocenters. The van der Waals surface area contributed by atoms with Crippen LogP contribution in [0.25, 0.3) is 0 Å². The summed E-state index contributed by atoms with van der Waals surface area (Å²) in [7, 11) is -2.79. The smallest absolute Gasteiger partial charge is 0.418 e. The molecule has 0 atom stereocenters. The lowest BCUT2D eigenvalue weighted by Crippen LogP contribution is -2.28. The van der Waals surface area contributed by atoms with Gasteiger partial charge in [-0.15, -0.1) is 0 Å². The highest BCUT2D eigenvalue weighted by atomic mass is 32.2. The summed E-state index contributed by atoms with van der Waals surface area (Å²) in [5, 5.41) is 0. The lowest BCUT2D eigenvalue weighted by molar-refractivity contribution is -0.137. The maximum Gasteiger partial charge on any atom is 0.418 e. The third-order valence-corrected chi connectivity index (χ3v) is 6.35. The largest absolute Gasteiger partial charge is 0.461 e. The average molecular weight is 463 g/mol. The zero-order valence-electron chi connectivity index (χ0n) is 16.6. The van der Waals surface area contributed by atoms with Crippen LogP contribution in [0.4, 0.5) is 18.9 Å². The molecule has 1 aromatic carbocycles. The van der Waals surface area contributed by atoms with Crippen LogP contribution in [0, 0.1) is 0 Å². The number of ether oxygens (including phenoxy) is 1. The average Bonchev–Trinajstić information content (AvgIpc) is 2.66.